The average molecular weight is 214 g/mol. The number of imidazole rings is 1. The van der Waals surface area contributed by atoms with Crippen LogP contribution in [0.5, 0.6) is 0 Å². The summed E-state index contributed by atoms with van der Waals surface area (Å²) in [5.74, 6) is -4.48. The van der Waals surface area contributed by atoms with Crippen LogP contribution >= 0.6 is 0 Å². The number of rotatable bonds is 3. The zero-order valence-electron chi connectivity index (χ0n) is 14.4. The lowest BCUT2D eigenvalue weighted by Crippen LogP contribution is -2.18. The molecule has 0 saturated carbocycles. The van der Waals surface area contributed by atoms with Gasteiger partial charge in [0.2, 0.25) is 0 Å². The van der Waals surface area contributed by atoms with Crippen molar-refractivity contribution < 1.29 is 17.8 Å². The Morgan fingerprint density at radius 3 is 3.47 bits per heavy atom. The van der Waals surface area contributed by atoms with Gasteiger partial charge in [0, 0.05) is 30.3 Å². The smallest absolute Gasteiger partial charge is 0.309 e. The van der Waals surface area contributed by atoms with Crippen LogP contribution in [0, 0.1) is 11.8 Å². The standard InChI is InChI=1S/C11H16N2O2/c1-3-10-8(6-15-11(10)14)4-9-5-12-7-13(9)2/h5,7-8,10H,3-4,6H2,1-2H3/t8-,10-/m0/s1/i1D3,6D2,10D. The summed E-state index contributed by atoms with van der Waals surface area (Å²) < 4.78 is 52.0. The summed E-state index contributed by atoms with van der Waals surface area (Å²) in [5.41, 5.74) is 0.601. The zero-order chi connectivity index (χ0) is 16.1. The summed E-state index contributed by atoms with van der Waals surface area (Å²) >= 11 is 0. The molecular weight excluding hydrogens is 192 g/mol. The molecule has 0 amide bonds. The third-order valence-corrected chi connectivity index (χ3v) is 2.50. The van der Waals surface area contributed by atoms with Crippen LogP contribution in [0.1, 0.15) is 27.2 Å². The van der Waals surface area contributed by atoms with Crippen LogP contribution in [-0.4, -0.2) is 22.1 Å². The number of aromatic nitrogens is 2. The molecule has 2 rings (SSSR count). The van der Waals surface area contributed by atoms with E-state index in [4.69, 9.17) is 8.22 Å². The van der Waals surface area contributed by atoms with Crippen molar-refractivity contribution in [2.75, 3.05) is 6.56 Å². The Bertz CT molecular complexity index is 555. The number of ether oxygens (including phenoxy) is 1. The summed E-state index contributed by atoms with van der Waals surface area (Å²) in [6, 6.07) is 0. The van der Waals surface area contributed by atoms with E-state index in [-0.39, 0.29) is 6.42 Å². The molecule has 0 radical (unpaired) electrons. The minimum atomic E-state index is -2.52. The Morgan fingerprint density at radius 2 is 2.80 bits per heavy atom. The molecule has 2 heterocycles. The van der Waals surface area contributed by atoms with Gasteiger partial charge in [0.05, 0.1) is 21.5 Å². The quantitative estimate of drug-likeness (QED) is 0.709. The molecule has 82 valence electrons. The lowest BCUT2D eigenvalue weighted by atomic mass is 9.89. The first-order chi connectivity index (χ1) is 9.46. The number of carbonyl (C=O) groups is 1. The van der Waals surface area contributed by atoms with Crippen LogP contribution in [0.15, 0.2) is 12.5 Å². The minimum absolute atomic E-state index is 0.00514. The second-order valence-corrected chi connectivity index (χ2v) is 3.46. The third-order valence-electron chi connectivity index (χ3n) is 2.50. The van der Waals surface area contributed by atoms with Gasteiger partial charge in [0.15, 0.2) is 0 Å². The van der Waals surface area contributed by atoms with Crippen molar-refractivity contribution in [3.8, 4) is 0 Å². The summed E-state index contributed by atoms with van der Waals surface area (Å²) in [6.45, 7) is -4.90. The van der Waals surface area contributed by atoms with Gasteiger partial charge in [-0.25, -0.2) is 4.98 Å². The molecule has 0 aliphatic carbocycles. The molecule has 0 spiro atoms. The summed E-state index contributed by atoms with van der Waals surface area (Å²) in [6.07, 6.45) is 2.25. The first-order valence-electron chi connectivity index (χ1n) is 7.64. The fourth-order valence-corrected chi connectivity index (χ4v) is 1.55. The highest BCUT2D eigenvalue weighted by Gasteiger charge is 2.35. The van der Waals surface area contributed by atoms with Crippen molar-refractivity contribution in [2.24, 2.45) is 18.9 Å². The molecule has 1 saturated heterocycles. The second kappa shape index (κ2) is 4.04. The Kier molecular flexibility index (Phi) is 1.39. The molecule has 0 bridgehead atoms. The summed E-state index contributed by atoms with van der Waals surface area (Å²) in [5, 5.41) is 0. The topological polar surface area (TPSA) is 44.1 Å². The molecule has 2 atom stereocenters. The number of hydrogen-bond donors (Lipinski definition) is 0. The lowest BCUT2D eigenvalue weighted by molar-refractivity contribution is -0.141. The second-order valence-electron chi connectivity index (χ2n) is 3.46. The molecule has 0 unspecified atom stereocenters. The Labute approximate surface area is 97.7 Å². The zero-order valence-corrected chi connectivity index (χ0v) is 8.36. The van der Waals surface area contributed by atoms with Gasteiger partial charge in [-0.1, -0.05) is 6.85 Å². The van der Waals surface area contributed by atoms with E-state index in [0.29, 0.717) is 5.69 Å². The Morgan fingerprint density at radius 1 is 1.93 bits per heavy atom. The molecule has 15 heavy (non-hydrogen) atoms. The number of carbonyl (C=O) groups excluding carboxylic acids is 1. The van der Waals surface area contributed by atoms with Gasteiger partial charge in [-0.2, -0.15) is 0 Å². The maximum atomic E-state index is 11.9. The van der Waals surface area contributed by atoms with E-state index in [1.807, 2.05) is 0 Å². The summed E-state index contributed by atoms with van der Waals surface area (Å²) in [4.78, 5) is 15.8. The van der Waals surface area contributed by atoms with Crippen molar-refractivity contribution in [1.82, 2.24) is 9.55 Å². The Balaban J connectivity index is 2.37. The maximum absolute atomic E-state index is 11.9. The molecule has 0 aromatic carbocycles. The van der Waals surface area contributed by atoms with Crippen LogP contribution in [0.25, 0.3) is 0 Å². The molecule has 1 aliphatic rings. The van der Waals surface area contributed by atoms with E-state index in [1.54, 1.807) is 11.6 Å². The van der Waals surface area contributed by atoms with Crippen LogP contribution in [0.3, 0.4) is 0 Å². The van der Waals surface area contributed by atoms with E-state index in [0.717, 1.165) is 0 Å². The number of esters is 1. The average Bonchev–Trinajstić information content (AvgIpc) is 2.73. The van der Waals surface area contributed by atoms with Gasteiger partial charge in [-0.15, -0.1) is 0 Å². The SMILES string of the molecule is [2H]C([2H])([2H])C[C@]1([2H])C(=O)OC([2H])([2H])[C@@H]1Cc1cncn1C. The van der Waals surface area contributed by atoms with Gasteiger partial charge in [-0.3, -0.25) is 4.79 Å². The van der Waals surface area contributed by atoms with Gasteiger partial charge in [0.1, 0.15) is 0 Å². The molecule has 1 aromatic rings. The first kappa shape index (κ1) is 5.14. The number of hydrogen-bond acceptors (Lipinski definition) is 3. The molecule has 0 N–H and O–H groups in total. The normalized spacial score (nSPS) is 40.6. The van der Waals surface area contributed by atoms with Gasteiger partial charge < -0.3 is 9.30 Å². The van der Waals surface area contributed by atoms with Crippen LogP contribution in [0.2, 0.25) is 0 Å². The largest absolute Gasteiger partial charge is 0.465 e. The maximum Gasteiger partial charge on any atom is 0.309 e. The fourth-order valence-electron chi connectivity index (χ4n) is 1.55. The molecule has 1 aromatic heterocycles. The van der Waals surface area contributed by atoms with E-state index >= 15 is 0 Å². The number of cyclic esters (lactones) is 1. The van der Waals surface area contributed by atoms with E-state index in [2.05, 4.69) is 9.72 Å². The molecule has 1 aliphatic heterocycles. The number of aryl methyl sites for hydroxylation is 1. The highest BCUT2D eigenvalue weighted by molar-refractivity contribution is 5.74. The minimum Gasteiger partial charge on any atom is -0.465 e. The lowest BCUT2D eigenvalue weighted by Gasteiger charge is -2.12. The molecule has 4 heteroatoms. The van der Waals surface area contributed by atoms with E-state index in [9.17, 15) is 4.79 Å². The molecule has 4 nitrogen and oxygen atoms in total. The van der Waals surface area contributed by atoms with Crippen LogP contribution < -0.4 is 0 Å². The van der Waals surface area contributed by atoms with Crippen molar-refractivity contribution in [2.45, 2.75) is 19.7 Å². The number of nitrogens with zero attached hydrogens (tertiary/aromatic N) is 2. The van der Waals surface area contributed by atoms with Crippen molar-refractivity contribution in [1.29, 1.82) is 0 Å². The van der Waals surface area contributed by atoms with Gasteiger partial charge >= 0.3 is 5.97 Å². The fraction of sp³-hybridized carbons (Fsp3) is 0.636. The van der Waals surface area contributed by atoms with Crippen molar-refractivity contribution in [3.05, 3.63) is 18.2 Å². The van der Waals surface area contributed by atoms with Crippen molar-refractivity contribution >= 4 is 5.97 Å². The van der Waals surface area contributed by atoms with Gasteiger partial charge in [-0.05, 0) is 12.8 Å². The van der Waals surface area contributed by atoms with Gasteiger partial charge in [0.25, 0.3) is 0 Å². The highest BCUT2D eigenvalue weighted by atomic mass is 16.5. The van der Waals surface area contributed by atoms with E-state index in [1.165, 1.54) is 12.5 Å². The van der Waals surface area contributed by atoms with Crippen molar-refractivity contribution in [3.63, 3.8) is 0 Å². The third kappa shape index (κ3) is 1.89. The Hall–Kier alpha value is -1.32. The summed E-state index contributed by atoms with van der Waals surface area (Å²) in [7, 11) is 1.70. The van der Waals surface area contributed by atoms with E-state index < -0.39 is 37.6 Å². The monoisotopic (exact) mass is 214 g/mol. The van der Waals surface area contributed by atoms with Crippen LogP contribution in [0.4, 0.5) is 0 Å². The van der Waals surface area contributed by atoms with Crippen LogP contribution in [-0.2, 0) is 23.0 Å². The molecular formula is C11H16N2O2. The highest BCUT2D eigenvalue weighted by Crippen LogP contribution is 2.27. The molecule has 1 fully saturated rings. The predicted molar refractivity (Wildman–Crippen MR) is 55.1 cm³/mol. The predicted octanol–water partition coefficient (Wildman–Crippen LogP) is 1.16. The first-order valence-corrected chi connectivity index (χ1v) is 4.64.